The number of carbonyl (C=O) groups excluding carboxylic acids is 3. The minimum absolute atomic E-state index is 0.0926. The first-order chi connectivity index (χ1) is 20.7. The predicted octanol–water partition coefficient (Wildman–Crippen LogP) is 8.07. The molecule has 220 valence electrons. The summed E-state index contributed by atoms with van der Waals surface area (Å²) in [5.41, 5.74) is 5.13. The van der Waals surface area contributed by atoms with Crippen LogP contribution in [0.5, 0.6) is 0 Å². The molecule has 0 spiro atoms. The van der Waals surface area contributed by atoms with Gasteiger partial charge in [-0.25, -0.2) is 0 Å². The molecule has 0 aliphatic carbocycles. The number of carbonyl (C=O) groups is 3. The zero-order chi connectivity index (χ0) is 30.8. The summed E-state index contributed by atoms with van der Waals surface area (Å²) in [7, 11) is 0. The van der Waals surface area contributed by atoms with Gasteiger partial charge >= 0.3 is 0 Å². The van der Waals surface area contributed by atoms with E-state index in [0.29, 0.717) is 23.1 Å². The third-order valence-electron chi connectivity index (χ3n) is 6.79. The molecule has 4 aromatic carbocycles. The highest BCUT2D eigenvalue weighted by Gasteiger charge is 2.15. The minimum atomic E-state index is -0.444. The Morgan fingerprint density at radius 2 is 1.21 bits per heavy atom. The molecule has 3 N–H and O–H groups in total. The third-order valence-corrected chi connectivity index (χ3v) is 7.80. The average molecular weight is 592 g/mol. The Hall–Kier alpha value is -4.62. The van der Waals surface area contributed by atoms with Crippen molar-refractivity contribution in [3.05, 3.63) is 131 Å². The highest BCUT2D eigenvalue weighted by atomic mass is 32.2. The topological polar surface area (TPSA) is 87.3 Å². The largest absolute Gasteiger partial charge is 0.325 e. The average Bonchev–Trinajstić information content (AvgIpc) is 3.01. The standard InChI is InChI=1S/C36H37N3O3S/c1-24(2)27-12-10-26(11-13-27)22-33(39-35(41)29-8-6-5-7-9-29)36(42)38-31-18-20-32(21-19-31)43-23-34(40)37-30-16-14-28(15-17-30)25(3)4/h5-22,24-25H,23H2,1-4H3,(H,37,40)(H,38,42)(H,39,41)/b33-22-. The lowest BCUT2D eigenvalue weighted by Gasteiger charge is -2.12. The van der Waals surface area contributed by atoms with E-state index in [2.05, 4.69) is 43.6 Å². The molecule has 3 amide bonds. The van der Waals surface area contributed by atoms with Crippen molar-refractivity contribution in [2.45, 2.75) is 44.4 Å². The maximum Gasteiger partial charge on any atom is 0.272 e. The van der Waals surface area contributed by atoms with E-state index in [9.17, 15) is 14.4 Å². The van der Waals surface area contributed by atoms with Crippen LogP contribution in [0.2, 0.25) is 0 Å². The molecule has 0 saturated heterocycles. The second-order valence-electron chi connectivity index (χ2n) is 10.8. The number of benzene rings is 4. The smallest absolute Gasteiger partial charge is 0.272 e. The summed E-state index contributed by atoms with van der Waals surface area (Å²) in [5.74, 6) is 0.167. The van der Waals surface area contributed by atoms with Crippen molar-refractivity contribution in [3.63, 3.8) is 0 Å². The molecular formula is C36H37N3O3S. The molecule has 0 unspecified atom stereocenters. The molecule has 0 aliphatic heterocycles. The SMILES string of the molecule is CC(C)c1ccc(/C=C(\NC(=O)c2ccccc2)C(=O)Nc2ccc(SCC(=O)Nc3ccc(C(C)C)cc3)cc2)cc1. The predicted molar refractivity (Wildman–Crippen MR) is 177 cm³/mol. The Morgan fingerprint density at radius 3 is 1.79 bits per heavy atom. The number of anilines is 2. The molecular weight excluding hydrogens is 554 g/mol. The van der Waals surface area contributed by atoms with Crippen molar-refractivity contribution >= 4 is 46.9 Å². The Balaban J connectivity index is 1.39. The molecule has 0 radical (unpaired) electrons. The van der Waals surface area contributed by atoms with Crippen molar-refractivity contribution < 1.29 is 14.4 Å². The summed E-state index contributed by atoms with van der Waals surface area (Å²) in [6.07, 6.45) is 1.67. The van der Waals surface area contributed by atoms with Crippen LogP contribution in [0.25, 0.3) is 6.08 Å². The van der Waals surface area contributed by atoms with E-state index in [1.165, 1.54) is 22.9 Å². The molecule has 4 rings (SSSR count). The Kier molecular flexibility index (Phi) is 10.9. The van der Waals surface area contributed by atoms with Crippen molar-refractivity contribution in [1.29, 1.82) is 0 Å². The van der Waals surface area contributed by atoms with Crippen LogP contribution in [0.4, 0.5) is 11.4 Å². The number of hydrogen-bond donors (Lipinski definition) is 3. The third kappa shape index (κ3) is 9.45. The second-order valence-corrected chi connectivity index (χ2v) is 11.8. The Morgan fingerprint density at radius 1 is 0.674 bits per heavy atom. The van der Waals surface area contributed by atoms with E-state index >= 15 is 0 Å². The van der Waals surface area contributed by atoms with Crippen LogP contribution in [-0.4, -0.2) is 23.5 Å². The first-order valence-electron chi connectivity index (χ1n) is 14.3. The first kappa shape index (κ1) is 31.3. The van der Waals surface area contributed by atoms with Gasteiger partial charge in [-0.15, -0.1) is 11.8 Å². The molecule has 6 nitrogen and oxygen atoms in total. The van der Waals surface area contributed by atoms with Crippen LogP contribution in [0.3, 0.4) is 0 Å². The Labute approximate surface area is 258 Å². The number of nitrogens with one attached hydrogen (secondary N) is 3. The van der Waals surface area contributed by atoms with Gasteiger partial charge < -0.3 is 16.0 Å². The van der Waals surface area contributed by atoms with Crippen molar-refractivity contribution in [3.8, 4) is 0 Å². The summed E-state index contributed by atoms with van der Waals surface area (Å²) in [5, 5.41) is 8.58. The first-order valence-corrected chi connectivity index (χ1v) is 15.3. The molecule has 0 aromatic heterocycles. The number of thioether (sulfide) groups is 1. The summed E-state index contributed by atoms with van der Waals surface area (Å²) >= 11 is 1.41. The van der Waals surface area contributed by atoms with E-state index < -0.39 is 5.91 Å². The maximum atomic E-state index is 13.3. The molecule has 43 heavy (non-hydrogen) atoms. The lowest BCUT2D eigenvalue weighted by Crippen LogP contribution is -2.30. The molecule has 0 bridgehead atoms. The van der Waals surface area contributed by atoms with Crippen LogP contribution < -0.4 is 16.0 Å². The van der Waals surface area contributed by atoms with Gasteiger partial charge in [-0.05, 0) is 83.1 Å². The van der Waals surface area contributed by atoms with E-state index in [1.54, 1.807) is 42.5 Å². The lowest BCUT2D eigenvalue weighted by atomic mass is 10.0. The fourth-order valence-electron chi connectivity index (χ4n) is 4.22. The van der Waals surface area contributed by atoms with Gasteiger partial charge in [-0.2, -0.15) is 0 Å². The zero-order valence-electron chi connectivity index (χ0n) is 24.9. The fourth-order valence-corrected chi connectivity index (χ4v) is 4.91. The molecule has 0 saturated carbocycles. The molecule has 0 atom stereocenters. The van der Waals surface area contributed by atoms with Crippen LogP contribution in [0.15, 0.2) is 114 Å². The zero-order valence-corrected chi connectivity index (χ0v) is 25.7. The second kappa shape index (κ2) is 15.0. The normalized spacial score (nSPS) is 11.3. The number of hydrogen-bond acceptors (Lipinski definition) is 4. The summed E-state index contributed by atoms with van der Waals surface area (Å²) in [4.78, 5) is 39.6. The van der Waals surface area contributed by atoms with Crippen LogP contribution >= 0.6 is 11.8 Å². The van der Waals surface area contributed by atoms with Gasteiger partial charge in [0.1, 0.15) is 5.70 Å². The van der Waals surface area contributed by atoms with Gasteiger partial charge in [-0.1, -0.05) is 82.3 Å². The highest BCUT2D eigenvalue weighted by Crippen LogP contribution is 2.22. The van der Waals surface area contributed by atoms with E-state index in [-0.39, 0.29) is 23.3 Å². The van der Waals surface area contributed by atoms with E-state index in [0.717, 1.165) is 16.1 Å². The van der Waals surface area contributed by atoms with Gasteiger partial charge in [0, 0.05) is 21.8 Å². The summed E-state index contributed by atoms with van der Waals surface area (Å²) < 4.78 is 0. The molecule has 0 heterocycles. The number of rotatable bonds is 11. The van der Waals surface area contributed by atoms with Crippen molar-refractivity contribution in [2.24, 2.45) is 0 Å². The molecule has 4 aromatic rings. The fraction of sp³-hybridized carbons (Fsp3) is 0.194. The van der Waals surface area contributed by atoms with Crippen molar-refractivity contribution in [1.82, 2.24) is 5.32 Å². The quantitative estimate of drug-likeness (QED) is 0.122. The highest BCUT2D eigenvalue weighted by molar-refractivity contribution is 8.00. The van der Waals surface area contributed by atoms with Crippen molar-refractivity contribution in [2.75, 3.05) is 16.4 Å². The van der Waals surface area contributed by atoms with Gasteiger partial charge in [0.2, 0.25) is 5.91 Å². The lowest BCUT2D eigenvalue weighted by molar-refractivity contribution is -0.114. The molecule has 7 heteroatoms. The minimum Gasteiger partial charge on any atom is -0.325 e. The van der Waals surface area contributed by atoms with Crippen LogP contribution in [0, 0.1) is 0 Å². The van der Waals surface area contributed by atoms with E-state index in [1.807, 2.05) is 66.7 Å². The monoisotopic (exact) mass is 591 g/mol. The maximum absolute atomic E-state index is 13.3. The number of amides is 3. The molecule has 0 fully saturated rings. The van der Waals surface area contributed by atoms with Crippen LogP contribution in [-0.2, 0) is 9.59 Å². The van der Waals surface area contributed by atoms with E-state index in [4.69, 9.17) is 0 Å². The van der Waals surface area contributed by atoms with Gasteiger partial charge in [0.25, 0.3) is 11.8 Å². The van der Waals surface area contributed by atoms with Gasteiger partial charge in [-0.3, -0.25) is 14.4 Å². The van der Waals surface area contributed by atoms with Crippen LogP contribution in [0.1, 0.15) is 66.6 Å². The molecule has 0 aliphatic rings. The Bertz CT molecular complexity index is 1560. The van der Waals surface area contributed by atoms with Gasteiger partial charge in [0.05, 0.1) is 5.75 Å². The summed E-state index contributed by atoms with van der Waals surface area (Å²) in [6, 6.07) is 31.8. The van der Waals surface area contributed by atoms with Gasteiger partial charge in [0.15, 0.2) is 0 Å². The summed E-state index contributed by atoms with van der Waals surface area (Å²) in [6.45, 7) is 8.50.